The first-order valence-electron chi connectivity index (χ1n) is 6.39. The summed E-state index contributed by atoms with van der Waals surface area (Å²) in [5, 5.41) is 11.4. The maximum Gasteiger partial charge on any atom is 0.312 e. The van der Waals surface area contributed by atoms with Crippen molar-refractivity contribution in [1.29, 1.82) is 0 Å². The number of rotatable bonds is 5. The van der Waals surface area contributed by atoms with Gasteiger partial charge in [-0.3, -0.25) is 15.8 Å². The van der Waals surface area contributed by atoms with Crippen LogP contribution in [-0.2, 0) is 6.42 Å². The van der Waals surface area contributed by atoms with Crippen molar-refractivity contribution in [3.63, 3.8) is 0 Å². The molecule has 4 N–H and O–H groups in total. The molecule has 2 unspecified atom stereocenters. The van der Waals surface area contributed by atoms with Crippen LogP contribution in [-0.4, -0.2) is 35.9 Å². The normalized spacial score (nSPS) is 24.5. The molecule has 0 radical (unpaired) electrons. The molecular weight excluding hydrogens is 274 g/mol. The number of hydrogen-bond donors (Lipinski definition) is 2. The number of methoxy groups -OCH3 is 1. The largest absolute Gasteiger partial charge is 0.497 e. The zero-order valence-electron chi connectivity index (χ0n) is 11.6. The van der Waals surface area contributed by atoms with E-state index in [-0.39, 0.29) is 12.3 Å². The first-order chi connectivity index (χ1) is 9.98. The highest BCUT2D eigenvalue weighted by Gasteiger charge is 2.47. The van der Waals surface area contributed by atoms with Gasteiger partial charge >= 0.3 is 5.54 Å². The maximum absolute atomic E-state index is 11.4. The van der Waals surface area contributed by atoms with Crippen LogP contribution in [0.1, 0.15) is 12.0 Å². The summed E-state index contributed by atoms with van der Waals surface area (Å²) in [6, 6.07) is 7.33. The Bertz CT molecular complexity index is 601. The van der Waals surface area contributed by atoms with E-state index in [2.05, 4.69) is 9.98 Å². The molecule has 21 heavy (non-hydrogen) atoms. The number of nitrogens with two attached hydrogens (primary N) is 2. The van der Waals surface area contributed by atoms with Gasteiger partial charge in [-0.05, 0) is 24.1 Å². The molecule has 8 heteroatoms. The number of nitrogens with zero attached hydrogens (tertiary/aromatic N) is 3. The summed E-state index contributed by atoms with van der Waals surface area (Å²) in [4.78, 5) is 18.6. The Hall–Kier alpha value is -2.48. The predicted molar refractivity (Wildman–Crippen MR) is 79.1 cm³/mol. The van der Waals surface area contributed by atoms with Crippen molar-refractivity contribution in [2.24, 2.45) is 21.5 Å². The van der Waals surface area contributed by atoms with Crippen LogP contribution in [0.25, 0.3) is 0 Å². The van der Waals surface area contributed by atoms with E-state index in [1.54, 1.807) is 7.11 Å². The molecule has 2 rings (SSSR count). The van der Waals surface area contributed by atoms with Crippen molar-refractivity contribution in [3.05, 3.63) is 39.9 Å². The fourth-order valence-electron chi connectivity index (χ4n) is 2.14. The van der Waals surface area contributed by atoms with E-state index in [1.807, 2.05) is 24.3 Å². The van der Waals surface area contributed by atoms with Gasteiger partial charge in [-0.1, -0.05) is 12.1 Å². The molecule has 8 nitrogen and oxygen atoms in total. The van der Waals surface area contributed by atoms with Crippen LogP contribution in [0.3, 0.4) is 0 Å². The van der Waals surface area contributed by atoms with Crippen molar-refractivity contribution in [3.8, 4) is 5.75 Å². The summed E-state index contributed by atoms with van der Waals surface area (Å²) in [6.45, 7) is 0. The Morgan fingerprint density at radius 3 is 2.90 bits per heavy atom. The fraction of sp³-hybridized carbons (Fsp3) is 0.385. The number of aliphatic imine (C=N–C) groups is 2. The van der Waals surface area contributed by atoms with Gasteiger partial charge in [-0.15, -0.1) is 0 Å². The third-order valence-corrected chi connectivity index (χ3v) is 3.41. The van der Waals surface area contributed by atoms with E-state index in [1.165, 1.54) is 6.21 Å². The summed E-state index contributed by atoms with van der Waals surface area (Å²) in [5.41, 5.74) is 10.5. The van der Waals surface area contributed by atoms with E-state index < -0.39 is 16.8 Å². The summed E-state index contributed by atoms with van der Waals surface area (Å²) in [7, 11) is 1.57. The molecule has 0 saturated heterocycles. The van der Waals surface area contributed by atoms with Gasteiger partial charge in [0.2, 0.25) is 0 Å². The maximum atomic E-state index is 11.4. The molecule has 0 saturated carbocycles. The lowest BCUT2D eigenvalue weighted by atomic mass is 9.91. The standard InChI is InChI=1S/C13H17N5O3/c1-21-10-4-2-3-9(7-10)5-6-13(18(19)20)8-16-12(15)17-11(13)14/h2-4,7-8,12H,5-6,15H2,1H3,(H2,14,17). The topological polar surface area (TPSA) is 129 Å². The predicted octanol–water partition coefficient (Wildman–Crippen LogP) is 0.327. The van der Waals surface area contributed by atoms with E-state index in [4.69, 9.17) is 16.2 Å². The van der Waals surface area contributed by atoms with Crippen molar-refractivity contribution in [1.82, 2.24) is 0 Å². The van der Waals surface area contributed by atoms with Crippen LogP contribution in [0.5, 0.6) is 5.75 Å². The quantitative estimate of drug-likeness (QED) is 0.596. The number of ether oxygens (including phenoxy) is 1. The van der Waals surface area contributed by atoms with Gasteiger partial charge in [0.25, 0.3) is 0 Å². The molecule has 1 heterocycles. The third-order valence-electron chi connectivity index (χ3n) is 3.41. The monoisotopic (exact) mass is 291 g/mol. The summed E-state index contributed by atoms with van der Waals surface area (Å²) >= 11 is 0. The van der Waals surface area contributed by atoms with E-state index in [0.717, 1.165) is 5.56 Å². The van der Waals surface area contributed by atoms with E-state index >= 15 is 0 Å². The van der Waals surface area contributed by atoms with Crippen LogP contribution in [0, 0.1) is 10.1 Å². The Morgan fingerprint density at radius 1 is 1.52 bits per heavy atom. The molecule has 1 aromatic carbocycles. The molecule has 2 atom stereocenters. The summed E-state index contributed by atoms with van der Waals surface area (Å²) in [5.74, 6) is 0.585. The van der Waals surface area contributed by atoms with Gasteiger partial charge in [0.1, 0.15) is 5.75 Å². The van der Waals surface area contributed by atoms with Crippen LogP contribution < -0.4 is 16.2 Å². The van der Waals surface area contributed by atoms with Gasteiger partial charge in [0.05, 0.1) is 13.3 Å². The number of hydrogen-bond acceptors (Lipinski definition) is 7. The molecule has 1 aliphatic heterocycles. The molecule has 0 fully saturated rings. The second-order valence-corrected chi connectivity index (χ2v) is 4.74. The molecule has 0 bridgehead atoms. The van der Waals surface area contributed by atoms with Crippen molar-refractivity contribution in [2.45, 2.75) is 24.7 Å². The first kappa shape index (κ1) is 14.9. The molecule has 1 aromatic rings. The van der Waals surface area contributed by atoms with Crippen molar-refractivity contribution < 1.29 is 9.66 Å². The lowest BCUT2D eigenvalue weighted by molar-refractivity contribution is -0.526. The highest BCUT2D eigenvalue weighted by atomic mass is 16.6. The Morgan fingerprint density at radius 2 is 2.29 bits per heavy atom. The second kappa shape index (κ2) is 5.88. The second-order valence-electron chi connectivity index (χ2n) is 4.74. The molecule has 0 amide bonds. The molecule has 1 aliphatic rings. The average molecular weight is 291 g/mol. The van der Waals surface area contributed by atoms with Crippen LogP contribution in [0.2, 0.25) is 0 Å². The highest BCUT2D eigenvalue weighted by Crippen LogP contribution is 2.22. The Labute approximate surface area is 121 Å². The van der Waals surface area contributed by atoms with Gasteiger partial charge < -0.3 is 10.5 Å². The SMILES string of the molecule is COc1cccc(CCC2([N+](=O)[O-])C=NC(N)N=C2N)c1. The number of nitro groups is 1. The zero-order chi connectivity index (χ0) is 15.5. The van der Waals surface area contributed by atoms with E-state index in [9.17, 15) is 10.1 Å². The Kier molecular flexibility index (Phi) is 4.18. The first-order valence-corrected chi connectivity index (χ1v) is 6.39. The smallest absolute Gasteiger partial charge is 0.312 e. The molecular formula is C13H17N5O3. The van der Waals surface area contributed by atoms with Gasteiger partial charge in [0.15, 0.2) is 12.1 Å². The van der Waals surface area contributed by atoms with Gasteiger partial charge in [-0.25, -0.2) is 9.98 Å². The summed E-state index contributed by atoms with van der Waals surface area (Å²) < 4.78 is 5.13. The lowest BCUT2D eigenvalue weighted by Gasteiger charge is -2.24. The third kappa shape index (κ3) is 3.00. The minimum atomic E-state index is -1.60. The molecule has 112 valence electrons. The van der Waals surface area contributed by atoms with Crippen LogP contribution >= 0.6 is 0 Å². The lowest BCUT2D eigenvalue weighted by Crippen LogP contribution is -2.55. The van der Waals surface area contributed by atoms with Crippen LogP contribution in [0.4, 0.5) is 0 Å². The minimum Gasteiger partial charge on any atom is -0.497 e. The van der Waals surface area contributed by atoms with E-state index in [0.29, 0.717) is 12.2 Å². The molecule has 0 spiro atoms. The van der Waals surface area contributed by atoms with Gasteiger partial charge in [0, 0.05) is 11.3 Å². The van der Waals surface area contributed by atoms with Crippen molar-refractivity contribution in [2.75, 3.05) is 7.11 Å². The minimum absolute atomic E-state index is 0.113. The van der Waals surface area contributed by atoms with Crippen LogP contribution in [0.15, 0.2) is 34.3 Å². The fourth-order valence-corrected chi connectivity index (χ4v) is 2.14. The number of benzene rings is 1. The van der Waals surface area contributed by atoms with Crippen molar-refractivity contribution >= 4 is 12.1 Å². The Balaban J connectivity index is 2.20. The molecule has 0 aromatic heterocycles. The molecule has 0 aliphatic carbocycles. The average Bonchev–Trinajstić information content (AvgIpc) is 2.46. The number of aryl methyl sites for hydroxylation is 1. The highest BCUT2D eigenvalue weighted by molar-refractivity contribution is 6.05. The summed E-state index contributed by atoms with van der Waals surface area (Å²) in [6.07, 6.45) is 0.920. The number of amidine groups is 1. The zero-order valence-corrected chi connectivity index (χ0v) is 11.6. The van der Waals surface area contributed by atoms with Gasteiger partial charge in [-0.2, -0.15) is 0 Å².